The zero-order valence-corrected chi connectivity index (χ0v) is 26.2. The van der Waals surface area contributed by atoms with Crippen LogP contribution in [0.15, 0.2) is 88.7 Å². The molecule has 4 aromatic carbocycles. The normalized spacial score (nSPS) is 11.4. The van der Waals surface area contributed by atoms with Gasteiger partial charge < -0.3 is 28.8 Å². The summed E-state index contributed by atoms with van der Waals surface area (Å²) in [5.74, 6) is -0.144. The highest BCUT2D eigenvalue weighted by molar-refractivity contribution is 7.92. The average molecular weight is 659 g/mol. The molecule has 15 heteroatoms. The molecule has 238 valence electrons. The lowest BCUT2D eigenvalue weighted by Gasteiger charge is -2.15. The van der Waals surface area contributed by atoms with E-state index in [-0.39, 0.29) is 50.6 Å². The molecule has 0 spiro atoms. The number of ether oxygens (including phenoxy) is 5. The Morgan fingerprint density at radius 3 is 1.67 bits per heavy atom. The van der Waals surface area contributed by atoms with Crippen LogP contribution in [0, 0.1) is 0 Å². The van der Waals surface area contributed by atoms with Crippen LogP contribution < -0.4 is 33.1 Å². The van der Waals surface area contributed by atoms with Crippen LogP contribution in [-0.2, 0) is 26.6 Å². The maximum absolute atomic E-state index is 13.2. The molecule has 45 heavy (non-hydrogen) atoms. The number of rotatable bonds is 14. The third kappa shape index (κ3) is 7.75. The number of carbonyl (C=O) groups is 1. The molecule has 0 atom stereocenters. The minimum atomic E-state index is -4.28. The molecular formula is C30H30N2O11S2. The number of nitrogens with one attached hydrogen (secondary N) is 2. The zero-order valence-electron chi connectivity index (χ0n) is 24.6. The monoisotopic (exact) mass is 658 g/mol. The minimum absolute atomic E-state index is 0.0383. The summed E-state index contributed by atoms with van der Waals surface area (Å²) in [6.07, 6.45) is 0. The fourth-order valence-corrected chi connectivity index (χ4v) is 6.57. The fourth-order valence-electron chi connectivity index (χ4n) is 4.11. The Bertz CT molecular complexity index is 1910. The molecule has 0 radical (unpaired) electrons. The second-order valence-corrected chi connectivity index (χ2v) is 12.6. The van der Waals surface area contributed by atoms with Crippen molar-refractivity contribution in [2.45, 2.75) is 16.3 Å². The van der Waals surface area contributed by atoms with Gasteiger partial charge in [-0.05, 0) is 60.2 Å². The van der Waals surface area contributed by atoms with Crippen LogP contribution in [0.5, 0.6) is 34.5 Å². The van der Waals surface area contributed by atoms with Gasteiger partial charge in [0.05, 0.1) is 39.7 Å². The largest absolute Gasteiger partial charge is 0.497 e. The van der Waals surface area contributed by atoms with E-state index in [4.69, 9.17) is 23.7 Å². The van der Waals surface area contributed by atoms with Crippen LogP contribution in [0.1, 0.15) is 15.9 Å². The van der Waals surface area contributed by atoms with Crippen LogP contribution >= 0.6 is 0 Å². The number of hydrogen-bond donors (Lipinski definition) is 3. The first-order valence-corrected chi connectivity index (χ1v) is 16.0. The number of sulfonamides is 2. The average Bonchev–Trinajstić information content (AvgIpc) is 3.04. The van der Waals surface area contributed by atoms with Gasteiger partial charge in [0.15, 0.2) is 0 Å². The molecule has 0 fully saturated rings. The Hall–Kier alpha value is -4.99. The van der Waals surface area contributed by atoms with Crippen molar-refractivity contribution in [3.8, 4) is 34.5 Å². The van der Waals surface area contributed by atoms with Crippen LogP contribution in [0.25, 0.3) is 0 Å². The standard InChI is InChI=1S/C30H30N2O11S2/c1-39-21-10-13-26(41-3)28(16-21)44(35,36)31-18-19-5-7-20(8-6-19)43-23-9-12-25(24(15-23)30(33)34)32-45(37,38)29-17-22(40-2)11-14-27(29)42-4/h5-17,31-32H,18H2,1-4H3,(H,33,34). The van der Waals surface area contributed by atoms with E-state index in [1.54, 1.807) is 30.3 Å². The van der Waals surface area contributed by atoms with Crippen molar-refractivity contribution in [3.63, 3.8) is 0 Å². The van der Waals surface area contributed by atoms with Crippen LogP contribution in [0.2, 0.25) is 0 Å². The third-order valence-electron chi connectivity index (χ3n) is 6.41. The van der Waals surface area contributed by atoms with Crippen LogP contribution in [-0.4, -0.2) is 56.4 Å². The summed E-state index contributed by atoms with van der Waals surface area (Å²) in [6, 6.07) is 18.9. The maximum atomic E-state index is 13.2. The van der Waals surface area contributed by atoms with Gasteiger partial charge in [0.2, 0.25) is 10.0 Å². The summed E-state index contributed by atoms with van der Waals surface area (Å²) in [6.45, 7) is -0.0426. The first-order chi connectivity index (χ1) is 21.4. The number of aromatic carboxylic acids is 1. The van der Waals surface area contributed by atoms with Gasteiger partial charge in [-0.15, -0.1) is 0 Å². The molecule has 0 bridgehead atoms. The van der Waals surface area contributed by atoms with E-state index in [2.05, 4.69) is 9.44 Å². The maximum Gasteiger partial charge on any atom is 0.337 e. The second kappa shape index (κ2) is 13.8. The van der Waals surface area contributed by atoms with Gasteiger partial charge in [-0.3, -0.25) is 4.72 Å². The number of anilines is 1. The second-order valence-electron chi connectivity index (χ2n) is 9.22. The molecule has 0 saturated carbocycles. The highest BCUT2D eigenvalue weighted by Gasteiger charge is 2.24. The molecule has 4 aromatic rings. The Kier molecular flexibility index (Phi) is 10.1. The van der Waals surface area contributed by atoms with Crippen molar-refractivity contribution in [1.82, 2.24) is 4.72 Å². The highest BCUT2D eigenvalue weighted by atomic mass is 32.2. The van der Waals surface area contributed by atoms with Gasteiger partial charge in [-0.25, -0.2) is 26.4 Å². The summed E-state index contributed by atoms with van der Waals surface area (Å²) in [4.78, 5) is 11.7. The number of hydrogen-bond acceptors (Lipinski definition) is 10. The van der Waals surface area contributed by atoms with E-state index in [1.165, 1.54) is 77.0 Å². The van der Waals surface area contributed by atoms with Crippen molar-refractivity contribution in [2.24, 2.45) is 0 Å². The topological polar surface area (TPSA) is 176 Å². The predicted octanol–water partition coefficient (Wildman–Crippen LogP) is 4.49. The molecule has 0 heterocycles. The van der Waals surface area contributed by atoms with E-state index < -0.39 is 26.0 Å². The van der Waals surface area contributed by atoms with Crippen molar-refractivity contribution < 1.29 is 50.4 Å². The molecule has 0 saturated heterocycles. The molecule has 0 unspecified atom stereocenters. The zero-order chi connectivity index (χ0) is 32.8. The summed E-state index contributed by atoms with van der Waals surface area (Å²) < 4.78 is 83.3. The summed E-state index contributed by atoms with van der Waals surface area (Å²) in [5.41, 5.74) is 0.0451. The summed E-state index contributed by atoms with van der Waals surface area (Å²) >= 11 is 0. The molecule has 0 aliphatic heterocycles. The van der Waals surface area contributed by atoms with Gasteiger partial charge >= 0.3 is 5.97 Å². The Balaban J connectivity index is 1.49. The Labute approximate surface area is 260 Å². The molecule has 3 N–H and O–H groups in total. The SMILES string of the molecule is COc1ccc(OC)c(S(=O)(=O)NCc2ccc(Oc3ccc(NS(=O)(=O)c4cc(OC)ccc4OC)c(C(=O)O)c3)cc2)c1. The van der Waals surface area contributed by atoms with Crippen molar-refractivity contribution in [2.75, 3.05) is 33.2 Å². The number of benzene rings is 4. The first kappa shape index (κ1) is 32.9. The van der Waals surface area contributed by atoms with Crippen LogP contribution in [0.3, 0.4) is 0 Å². The molecular weight excluding hydrogens is 628 g/mol. The number of carboxylic acid groups (broad SMARTS) is 1. The van der Waals surface area contributed by atoms with Gasteiger partial charge in [-0.2, -0.15) is 0 Å². The smallest absolute Gasteiger partial charge is 0.337 e. The van der Waals surface area contributed by atoms with E-state index in [1.807, 2.05) is 0 Å². The van der Waals surface area contributed by atoms with Gasteiger partial charge in [-0.1, -0.05) is 12.1 Å². The quantitative estimate of drug-likeness (QED) is 0.174. The van der Waals surface area contributed by atoms with E-state index >= 15 is 0 Å². The predicted molar refractivity (Wildman–Crippen MR) is 164 cm³/mol. The lowest BCUT2D eigenvalue weighted by molar-refractivity contribution is 0.0697. The van der Waals surface area contributed by atoms with Crippen LogP contribution in [0.4, 0.5) is 5.69 Å². The van der Waals surface area contributed by atoms with Gasteiger partial charge in [0.1, 0.15) is 44.3 Å². The Morgan fingerprint density at radius 1 is 0.644 bits per heavy atom. The molecule has 0 aromatic heterocycles. The van der Waals surface area contributed by atoms with E-state index in [9.17, 15) is 26.7 Å². The minimum Gasteiger partial charge on any atom is -0.497 e. The van der Waals surface area contributed by atoms with E-state index in [0.717, 1.165) is 0 Å². The third-order valence-corrected chi connectivity index (χ3v) is 9.22. The van der Waals surface area contributed by atoms with Gasteiger partial charge in [0.25, 0.3) is 10.0 Å². The Morgan fingerprint density at radius 2 is 1.16 bits per heavy atom. The highest BCUT2D eigenvalue weighted by Crippen LogP contribution is 2.33. The number of carboxylic acids is 1. The van der Waals surface area contributed by atoms with Gasteiger partial charge in [0, 0.05) is 18.7 Å². The number of methoxy groups -OCH3 is 4. The molecule has 4 rings (SSSR count). The lowest BCUT2D eigenvalue weighted by Crippen LogP contribution is -2.23. The molecule has 0 aliphatic rings. The lowest BCUT2D eigenvalue weighted by atomic mass is 10.1. The molecule has 0 aliphatic carbocycles. The van der Waals surface area contributed by atoms with E-state index in [0.29, 0.717) is 17.1 Å². The first-order valence-electron chi connectivity index (χ1n) is 13.0. The summed E-state index contributed by atoms with van der Waals surface area (Å²) in [5, 5.41) is 9.81. The molecule has 0 amide bonds. The van der Waals surface area contributed by atoms with Crippen molar-refractivity contribution in [1.29, 1.82) is 0 Å². The summed E-state index contributed by atoms with van der Waals surface area (Å²) in [7, 11) is -2.76. The van der Waals surface area contributed by atoms with Crippen molar-refractivity contribution in [3.05, 3.63) is 90.0 Å². The fraction of sp³-hybridized carbons (Fsp3) is 0.167. The van der Waals surface area contributed by atoms with Crippen molar-refractivity contribution >= 4 is 31.7 Å². The molecule has 13 nitrogen and oxygen atoms in total.